The molecule has 1 aromatic heterocycles. The minimum atomic E-state index is -0.289. The smallest absolute Gasteiger partial charge is 0.263 e. The Labute approximate surface area is 183 Å². The molecule has 4 rings (SSSR count). The summed E-state index contributed by atoms with van der Waals surface area (Å²) in [5.74, 6) is 0.540. The molecular formula is C22H21ClN4O4. The molecule has 3 aromatic rings. The van der Waals surface area contributed by atoms with Crippen molar-refractivity contribution in [2.45, 2.75) is 25.9 Å². The van der Waals surface area contributed by atoms with Crippen molar-refractivity contribution in [3.63, 3.8) is 0 Å². The summed E-state index contributed by atoms with van der Waals surface area (Å²) in [4.78, 5) is 42.4. The molecule has 9 heteroatoms. The van der Waals surface area contributed by atoms with Gasteiger partial charge in [-0.2, -0.15) is 0 Å². The van der Waals surface area contributed by atoms with E-state index in [9.17, 15) is 14.4 Å². The number of aromatic nitrogens is 2. The number of hydrogen-bond acceptors (Lipinski definition) is 5. The van der Waals surface area contributed by atoms with Gasteiger partial charge in [0, 0.05) is 25.0 Å². The van der Waals surface area contributed by atoms with Crippen molar-refractivity contribution in [1.29, 1.82) is 0 Å². The van der Waals surface area contributed by atoms with E-state index >= 15 is 0 Å². The zero-order valence-electron chi connectivity index (χ0n) is 16.9. The molecule has 1 aliphatic heterocycles. The molecular weight excluding hydrogens is 420 g/mol. The van der Waals surface area contributed by atoms with Gasteiger partial charge in [0.15, 0.2) is 0 Å². The van der Waals surface area contributed by atoms with Gasteiger partial charge in [-0.1, -0.05) is 23.7 Å². The van der Waals surface area contributed by atoms with Gasteiger partial charge in [0.1, 0.15) is 12.3 Å². The van der Waals surface area contributed by atoms with Crippen molar-refractivity contribution < 1.29 is 14.3 Å². The fourth-order valence-corrected chi connectivity index (χ4v) is 3.52. The molecule has 0 bridgehead atoms. The van der Waals surface area contributed by atoms with Gasteiger partial charge in [-0.25, -0.2) is 4.98 Å². The number of carbonyl (C=O) groups is 2. The lowest BCUT2D eigenvalue weighted by Gasteiger charge is -2.17. The summed E-state index contributed by atoms with van der Waals surface area (Å²) in [7, 11) is 1.76. The molecule has 160 valence electrons. The lowest BCUT2D eigenvalue weighted by molar-refractivity contribution is -0.130. The van der Waals surface area contributed by atoms with E-state index in [1.54, 1.807) is 42.3 Å². The molecule has 1 aliphatic rings. The monoisotopic (exact) mass is 440 g/mol. The Hall–Kier alpha value is -3.39. The minimum Gasteiger partial charge on any atom is -0.494 e. The molecule has 0 saturated carbocycles. The predicted octanol–water partition coefficient (Wildman–Crippen LogP) is 2.82. The molecule has 0 fully saturated rings. The van der Waals surface area contributed by atoms with Crippen LogP contribution < -0.4 is 15.6 Å². The molecule has 2 aromatic carbocycles. The number of nitrogens with zero attached hydrogens (tertiary/aromatic N) is 3. The molecule has 1 N–H and O–H groups in total. The summed E-state index contributed by atoms with van der Waals surface area (Å²) in [6.45, 7) is 0.819. The largest absolute Gasteiger partial charge is 0.494 e. The van der Waals surface area contributed by atoms with Crippen molar-refractivity contribution in [3.05, 3.63) is 63.4 Å². The first kappa shape index (κ1) is 20.9. The summed E-state index contributed by atoms with van der Waals surface area (Å²) < 4.78 is 7.04. The molecule has 0 spiro atoms. The Morgan fingerprint density at radius 3 is 2.77 bits per heavy atom. The topological polar surface area (TPSA) is 93.5 Å². The number of benzene rings is 2. The number of nitrogens with one attached hydrogen (secondary N) is 1. The number of fused-ring (bicyclic) bond motifs is 2. The SMILES string of the molecule is CN(Cc1ccc(Cl)cc1)C(=O)CCCOc1ccc2nc3n(c(=O)c2c1)CC(=O)N3. The molecule has 0 aliphatic carbocycles. The molecule has 0 radical (unpaired) electrons. The number of anilines is 1. The second-order valence-electron chi connectivity index (χ2n) is 7.38. The maximum absolute atomic E-state index is 12.6. The van der Waals surface area contributed by atoms with E-state index in [2.05, 4.69) is 10.3 Å². The summed E-state index contributed by atoms with van der Waals surface area (Å²) in [5.41, 5.74) is 1.21. The first-order valence-electron chi connectivity index (χ1n) is 9.86. The number of ether oxygens (including phenoxy) is 1. The van der Waals surface area contributed by atoms with Crippen molar-refractivity contribution in [2.75, 3.05) is 19.0 Å². The van der Waals surface area contributed by atoms with Gasteiger partial charge in [0.2, 0.25) is 17.8 Å². The van der Waals surface area contributed by atoms with Crippen LogP contribution in [0.1, 0.15) is 18.4 Å². The normalized spacial score (nSPS) is 12.5. The Kier molecular flexibility index (Phi) is 5.90. The van der Waals surface area contributed by atoms with Crippen LogP contribution in [0.5, 0.6) is 5.75 Å². The molecule has 0 unspecified atom stereocenters. The van der Waals surface area contributed by atoms with Gasteiger partial charge >= 0.3 is 0 Å². The van der Waals surface area contributed by atoms with Gasteiger partial charge in [-0.05, 0) is 42.3 Å². The summed E-state index contributed by atoms with van der Waals surface area (Å²) >= 11 is 5.88. The van der Waals surface area contributed by atoms with Crippen molar-refractivity contribution in [3.8, 4) is 5.75 Å². The van der Waals surface area contributed by atoms with Crippen molar-refractivity contribution >= 4 is 40.3 Å². The molecule has 2 heterocycles. The second-order valence-corrected chi connectivity index (χ2v) is 7.82. The van der Waals surface area contributed by atoms with E-state index in [-0.39, 0.29) is 29.9 Å². The van der Waals surface area contributed by atoms with Crippen LogP contribution in [0.15, 0.2) is 47.3 Å². The van der Waals surface area contributed by atoms with Gasteiger partial charge in [-0.15, -0.1) is 0 Å². The second kappa shape index (κ2) is 8.77. The third-order valence-corrected chi connectivity index (χ3v) is 5.29. The van der Waals surface area contributed by atoms with Crippen LogP contribution in [-0.2, 0) is 22.7 Å². The van der Waals surface area contributed by atoms with E-state index in [1.807, 2.05) is 12.1 Å². The maximum Gasteiger partial charge on any atom is 0.263 e. The quantitative estimate of drug-likeness (QED) is 0.570. The summed E-state index contributed by atoms with van der Waals surface area (Å²) in [6.07, 6.45) is 0.894. The molecule has 2 amide bonds. The van der Waals surface area contributed by atoms with Crippen molar-refractivity contribution in [2.24, 2.45) is 0 Å². The number of halogens is 1. The highest BCUT2D eigenvalue weighted by atomic mass is 35.5. The predicted molar refractivity (Wildman–Crippen MR) is 117 cm³/mol. The Bertz CT molecular complexity index is 1210. The van der Waals surface area contributed by atoms with E-state index in [1.165, 1.54) is 4.57 Å². The van der Waals surface area contributed by atoms with Gasteiger partial charge < -0.3 is 9.64 Å². The highest BCUT2D eigenvalue weighted by Crippen LogP contribution is 2.20. The molecule has 0 atom stereocenters. The van der Waals surface area contributed by atoms with Gasteiger partial charge in [0.25, 0.3) is 5.56 Å². The third-order valence-electron chi connectivity index (χ3n) is 5.04. The van der Waals surface area contributed by atoms with Gasteiger partial charge in [-0.3, -0.25) is 24.3 Å². The maximum atomic E-state index is 12.6. The highest BCUT2D eigenvalue weighted by molar-refractivity contribution is 6.30. The van der Waals surface area contributed by atoms with Crippen molar-refractivity contribution in [1.82, 2.24) is 14.5 Å². The Balaban J connectivity index is 1.31. The van der Waals surface area contributed by atoms with Crippen LogP contribution in [0.25, 0.3) is 10.9 Å². The number of hydrogen-bond donors (Lipinski definition) is 1. The van der Waals surface area contributed by atoms with Crippen LogP contribution in [0.3, 0.4) is 0 Å². The highest BCUT2D eigenvalue weighted by Gasteiger charge is 2.21. The number of rotatable bonds is 7. The van der Waals surface area contributed by atoms with Crippen LogP contribution in [0.4, 0.5) is 5.95 Å². The Morgan fingerprint density at radius 2 is 2.00 bits per heavy atom. The summed E-state index contributed by atoms with van der Waals surface area (Å²) in [6, 6.07) is 12.4. The van der Waals surface area contributed by atoms with E-state index < -0.39 is 0 Å². The van der Waals surface area contributed by atoms with E-state index in [4.69, 9.17) is 16.3 Å². The van der Waals surface area contributed by atoms with Gasteiger partial charge in [0.05, 0.1) is 17.5 Å². The van der Waals surface area contributed by atoms with E-state index in [0.29, 0.717) is 47.7 Å². The first-order valence-corrected chi connectivity index (χ1v) is 10.2. The van der Waals surface area contributed by atoms with Crippen LogP contribution in [0, 0.1) is 0 Å². The first-order chi connectivity index (χ1) is 14.9. The molecule has 0 saturated heterocycles. The fraction of sp³-hybridized carbons (Fsp3) is 0.273. The van der Waals surface area contributed by atoms with E-state index in [0.717, 1.165) is 5.56 Å². The lowest BCUT2D eigenvalue weighted by atomic mass is 10.2. The summed E-state index contributed by atoms with van der Waals surface area (Å²) in [5, 5.41) is 3.61. The number of amides is 2. The molecule has 31 heavy (non-hydrogen) atoms. The standard InChI is InChI=1S/C22H21ClN4O4/c1-26(12-14-4-6-15(23)7-5-14)20(29)3-2-10-31-16-8-9-18-17(11-16)21(30)27-13-19(28)25-22(27)24-18/h4-9,11H,2-3,10,12-13H2,1H3,(H,24,25,28). The lowest BCUT2D eigenvalue weighted by Crippen LogP contribution is -2.26. The van der Waals surface area contributed by atoms with Crippen LogP contribution >= 0.6 is 11.6 Å². The number of carbonyl (C=O) groups excluding carboxylic acids is 2. The average molecular weight is 441 g/mol. The average Bonchev–Trinajstić information content (AvgIpc) is 3.13. The zero-order chi connectivity index (χ0) is 22.0. The molecule has 8 nitrogen and oxygen atoms in total. The zero-order valence-corrected chi connectivity index (χ0v) is 17.7. The Morgan fingerprint density at radius 1 is 1.23 bits per heavy atom. The minimum absolute atomic E-state index is 0.0206. The third kappa shape index (κ3) is 4.69. The van der Waals surface area contributed by atoms with Crippen LogP contribution in [0.2, 0.25) is 5.02 Å². The fourth-order valence-electron chi connectivity index (χ4n) is 3.40. The van der Waals surface area contributed by atoms with Crippen LogP contribution in [-0.4, -0.2) is 39.9 Å².